The molecule has 0 unspecified atom stereocenters. The smallest absolute Gasteiger partial charge is 0.407 e. The summed E-state index contributed by atoms with van der Waals surface area (Å²) in [6.45, 7) is 17.1. The summed E-state index contributed by atoms with van der Waals surface area (Å²) in [6, 6.07) is 7.53. The van der Waals surface area contributed by atoms with E-state index in [4.69, 9.17) is 25.5 Å². The average Bonchev–Trinajstić information content (AvgIpc) is 2.69. The Bertz CT molecular complexity index is 773. The van der Waals surface area contributed by atoms with Crippen LogP contribution in [0, 0.1) is 0 Å². The van der Waals surface area contributed by atoms with E-state index in [1.54, 1.807) is 12.0 Å². The Hall–Kier alpha value is -1.77. The van der Waals surface area contributed by atoms with E-state index in [9.17, 15) is 9.59 Å². The third kappa shape index (κ3) is 10.4. The van der Waals surface area contributed by atoms with Crippen LogP contribution in [-0.4, -0.2) is 63.0 Å². The number of alkyl halides is 1. The molecule has 1 aromatic rings. The molecule has 0 aromatic heterocycles. The average molecular weight is 501 g/mol. The summed E-state index contributed by atoms with van der Waals surface area (Å²) in [5.74, 6) is 0.408. The maximum Gasteiger partial charge on any atom is 0.407 e. The fourth-order valence-electron chi connectivity index (χ4n) is 2.78. The number of ether oxygens (including phenoxy) is 2. The Kier molecular flexibility index (Phi) is 10.7. The number of amides is 2. The number of nitrogens with one attached hydrogen (secondary N) is 1. The van der Waals surface area contributed by atoms with Crippen molar-refractivity contribution in [3.63, 3.8) is 0 Å². The molecule has 0 spiro atoms. The number of benzene rings is 1. The monoisotopic (exact) mass is 500 g/mol. The summed E-state index contributed by atoms with van der Waals surface area (Å²) in [6.07, 6.45) is -0.930. The van der Waals surface area contributed by atoms with E-state index >= 15 is 0 Å². The lowest BCUT2D eigenvalue weighted by molar-refractivity contribution is -0.130. The van der Waals surface area contributed by atoms with Gasteiger partial charge in [-0.1, -0.05) is 32.9 Å². The summed E-state index contributed by atoms with van der Waals surface area (Å²) in [4.78, 5) is 26.6. The Labute approximate surface area is 205 Å². The van der Waals surface area contributed by atoms with Crippen molar-refractivity contribution < 1.29 is 23.5 Å². The minimum absolute atomic E-state index is 0.0333. The topological polar surface area (TPSA) is 77.1 Å². The predicted molar refractivity (Wildman–Crippen MR) is 135 cm³/mol. The maximum atomic E-state index is 12.7. The molecule has 0 heterocycles. The Morgan fingerprint density at radius 3 is 2.12 bits per heavy atom. The van der Waals surface area contributed by atoms with Crippen molar-refractivity contribution in [1.82, 2.24) is 10.2 Å². The highest BCUT2D eigenvalue weighted by Gasteiger charge is 2.40. The molecular weight excluding hydrogens is 460 g/mol. The van der Waals surface area contributed by atoms with Gasteiger partial charge in [-0.05, 0) is 56.6 Å². The van der Waals surface area contributed by atoms with Crippen molar-refractivity contribution in [2.24, 2.45) is 0 Å². The van der Waals surface area contributed by atoms with Gasteiger partial charge in [0.15, 0.2) is 8.32 Å². The minimum atomic E-state index is -2.18. The first-order valence-corrected chi connectivity index (χ1v) is 14.6. The van der Waals surface area contributed by atoms with E-state index in [1.807, 2.05) is 45.0 Å². The molecule has 0 saturated carbocycles. The Balaban J connectivity index is 3.06. The molecule has 33 heavy (non-hydrogen) atoms. The van der Waals surface area contributed by atoms with Crippen LogP contribution < -0.4 is 10.1 Å². The van der Waals surface area contributed by atoms with Crippen LogP contribution in [0.3, 0.4) is 0 Å². The van der Waals surface area contributed by atoms with Crippen LogP contribution >= 0.6 is 11.6 Å². The summed E-state index contributed by atoms with van der Waals surface area (Å²) in [5.41, 5.74) is 0.343. The highest BCUT2D eigenvalue weighted by Crippen LogP contribution is 2.37. The number of carbonyl (C=O) groups is 2. The molecule has 0 bridgehead atoms. The number of halogens is 1. The van der Waals surface area contributed by atoms with E-state index < -0.39 is 26.1 Å². The fourth-order valence-corrected chi connectivity index (χ4v) is 4.30. The second kappa shape index (κ2) is 12.1. The lowest BCUT2D eigenvalue weighted by Gasteiger charge is -2.40. The molecule has 0 saturated heterocycles. The number of rotatable bonds is 10. The lowest BCUT2D eigenvalue weighted by Crippen LogP contribution is -2.51. The zero-order chi connectivity index (χ0) is 25.4. The van der Waals surface area contributed by atoms with E-state index in [-0.39, 0.29) is 23.4 Å². The molecule has 0 aliphatic heterocycles. The SMILES string of the molecule is COc1ccc(CN(C[C@H](CNC(=O)OC(C)(C)C)O[Si](C)(C)C(C)(C)C)C(=O)CCl)cc1. The number of alkyl carbamates (subject to hydrolysis) is 1. The quantitative estimate of drug-likeness (QED) is 0.354. The molecule has 0 radical (unpaired) electrons. The third-order valence-electron chi connectivity index (χ3n) is 5.56. The molecule has 0 fully saturated rings. The van der Waals surface area contributed by atoms with E-state index in [0.29, 0.717) is 13.1 Å². The zero-order valence-electron chi connectivity index (χ0n) is 21.6. The van der Waals surface area contributed by atoms with Crippen molar-refractivity contribution in [1.29, 1.82) is 0 Å². The van der Waals surface area contributed by atoms with Gasteiger partial charge in [-0.15, -0.1) is 11.6 Å². The number of carbonyl (C=O) groups excluding carboxylic acids is 2. The van der Waals surface area contributed by atoms with E-state index in [0.717, 1.165) is 11.3 Å². The molecule has 0 aliphatic carbocycles. The molecule has 0 aliphatic rings. The first-order valence-electron chi connectivity index (χ1n) is 11.2. The van der Waals surface area contributed by atoms with Crippen molar-refractivity contribution >= 4 is 31.9 Å². The first kappa shape index (κ1) is 29.3. The van der Waals surface area contributed by atoms with Crippen LogP contribution in [0.4, 0.5) is 4.79 Å². The number of methoxy groups -OCH3 is 1. The molecule has 1 aromatic carbocycles. The van der Waals surface area contributed by atoms with Gasteiger partial charge in [-0.25, -0.2) is 4.79 Å². The summed E-state index contributed by atoms with van der Waals surface area (Å²) < 4.78 is 17.2. The van der Waals surface area contributed by atoms with Gasteiger partial charge in [0.2, 0.25) is 5.91 Å². The third-order valence-corrected chi connectivity index (χ3v) is 10.3. The van der Waals surface area contributed by atoms with E-state index in [2.05, 4.69) is 39.2 Å². The normalized spacial score (nSPS) is 13.3. The second-order valence-electron chi connectivity index (χ2n) is 10.6. The maximum absolute atomic E-state index is 12.7. The minimum Gasteiger partial charge on any atom is -0.497 e. The second-order valence-corrected chi connectivity index (χ2v) is 15.7. The standard InChI is InChI=1S/C24H41ClN2O5Si/c1-23(2,3)31-22(29)26-15-20(32-33(8,9)24(4,5)6)17-27(21(28)14-25)16-18-10-12-19(30-7)13-11-18/h10-13,20H,14-17H2,1-9H3,(H,26,29)/t20-/m0/s1. The molecule has 1 rings (SSSR count). The van der Waals surface area contributed by atoms with Crippen molar-refractivity contribution in [2.75, 3.05) is 26.1 Å². The molecule has 7 nitrogen and oxygen atoms in total. The van der Waals surface area contributed by atoms with Crippen LogP contribution in [0.1, 0.15) is 47.1 Å². The van der Waals surface area contributed by atoms with Gasteiger partial charge >= 0.3 is 6.09 Å². The van der Waals surface area contributed by atoms with Crippen molar-refractivity contribution in [3.8, 4) is 5.75 Å². The molecular formula is C24H41ClN2O5Si. The predicted octanol–water partition coefficient (Wildman–Crippen LogP) is 5.18. The van der Waals surface area contributed by atoms with Gasteiger partial charge in [0.1, 0.15) is 17.2 Å². The van der Waals surface area contributed by atoms with Gasteiger partial charge in [0, 0.05) is 19.6 Å². The van der Waals surface area contributed by atoms with Crippen molar-refractivity contribution in [3.05, 3.63) is 29.8 Å². The van der Waals surface area contributed by atoms with Crippen molar-refractivity contribution in [2.45, 2.75) is 77.9 Å². The van der Waals surface area contributed by atoms with Crippen LogP contribution in [0.2, 0.25) is 18.1 Å². The van der Waals surface area contributed by atoms with Crippen LogP contribution in [-0.2, 0) is 20.5 Å². The Morgan fingerprint density at radius 1 is 1.09 bits per heavy atom. The molecule has 2 amide bonds. The fraction of sp³-hybridized carbons (Fsp3) is 0.667. The van der Waals surface area contributed by atoms with Gasteiger partial charge in [0.25, 0.3) is 0 Å². The molecule has 1 atom stereocenters. The Morgan fingerprint density at radius 2 is 1.67 bits per heavy atom. The summed E-state index contributed by atoms with van der Waals surface area (Å²) >= 11 is 5.92. The first-order chi connectivity index (χ1) is 15.1. The van der Waals surface area contributed by atoms with Gasteiger partial charge in [-0.3, -0.25) is 4.79 Å². The van der Waals surface area contributed by atoms with Gasteiger partial charge < -0.3 is 24.1 Å². The largest absolute Gasteiger partial charge is 0.497 e. The summed E-state index contributed by atoms with van der Waals surface area (Å²) in [5, 5.41) is 2.77. The van der Waals surface area contributed by atoms with E-state index in [1.165, 1.54) is 0 Å². The highest BCUT2D eigenvalue weighted by atomic mass is 35.5. The summed E-state index contributed by atoms with van der Waals surface area (Å²) in [7, 11) is -0.573. The van der Waals surface area contributed by atoms with Crippen LogP contribution in [0.25, 0.3) is 0 Å². The van der Waals surface area contributed by atoms with Gasteiger partial charge in [0.05, 0.1) is 13.2 Å². The molecule has 9 heteroatoms. The molecule has 188 valence electrons. The number of nitrogens with zero attached hydrogens (tertiary/aromatic N) is 1. The highest BCUT2D eigenvalue weighted by molar-refractivity contribution is 6.74. The zero-order valence-corrected chi connectivity index (χ0v) is 23.3. The van der Waals surface area contributed by atoms with Gasteiger partial charge in [-0.2, -0.15) is 0 Å². The number of hydrogen-bond donors (Lipinski definition) is 1. The van der Waals surface area contributed by atoms with Crippen LogP contribution in [0.15, 0.2) is 24.3 Å². The van der Waals surface area contributed by atoms with Crippen LogP contribution in [0.5, 0.6) is 5.75 Å². The lowest BCUT2D eigenvalue weighted by atomic mass is 10.2. The number of hydrogen-bond acceptors (Lipinski definition) is 5. The molecule has 1 N–H and O–H groups in total.